The fourth-order valence-corrected chi connectivity index (χ4v) is 5.75. The normalized spacial score (nSPS) is 12.1. The standard InChI is InChI=1S/C30H25F2N7O3S/c1-4-25(40)34-16(2)21-13-22(37-36-21)29-27(26-20(32)11-18(31)12-23(26)42-9-8-41-3)30-19(7-10-43-30)28(35-29)17-5-6-24-38-33-15-39(24)14-17/h4-7,10-16H,1,8-9H2,2-3H3,(H,34,40)(H,36,37)/t16-/m0/s1. The lowest BCUT2D eigenvalue weighted by Crippen LogP contribution is -2.24. The second-order valence-corrected chi connectivity index (χ2v) is 10.5. The zero-order chi connectivity index (χ0) is 30.1. The van der Waals surface area contributed by atoms with Gasteiger partial charge in [0.05, 0.1) is 29.6 Å². The highest BCUT2D eigenvalue weighted by atomic mass is 32.1. The number of aromatic nitrogens is 6. The number of hydrogen-bond donors (Lipinski definition) is 2. The van der Waals surface area contributed by atoms with Gasteiger partial charge in [-0.1, -0.05) is 6.58 Å². The summed E-state index contributed by atoms with van der Waals surface area (Å²) < 4.78 is 43.7. The number of amides is 1. The summed E-state index contributed by atoms with van der Waals surface area (Å²) >= 11 is 1.39. The summed E-state index contributed by atoms with van der Waals surface area (Å²) in [7, 11) is 1.51. The van der Waals surface area contributed by atoms with Crippen LogP contribution in [0.25, 0.3) is 49.5 Å². The van der Waals surface area contributed by atoms with Crippen LogP contribution in [0.1, 0.15) is 18.7 Å². The first-order valence-corrected chi connectivity index (χ1v) is 14.1. The van der Waals surface area contributed by atoms with Gasteiger partial charge in [0.25, 0.3) is 0 Å². The molecule has 0 fully saturated rings. The van der Waals surface area contributed by atoms with E-state index in [0.717, 1.165) is 23.1 Å². The highest BCUT2D eigenvalue weighted by molar-refractivity contribution is 7.18. The number of fused-ring (bicyclic) bond motifs is 2. The number of pyridine rings is 2. The van der Waals surface area contributed by atoms with Crippen LogP contribution in [0, 0.1) is 11.6 Å². The maximum absolute atomic E-state index is 15.8. The molecule has 6 rings (SSSR count). The van der Waals surface area contributed by atoms with Gasteiger partial charge in [0.1, 0.15) is 41.7 Å². The van der Waals surface area contributed by atoms with Gasteiger partial charge in [-0.3, -0.25) is 14.3 Å². The lowest BCUT2D eigenvalue weighted by Gasteiger charge is -2.17. The van der Waals surface area contributed by atoms with Gasteiger partial charge in [-0.25, -0.2) is 13.8 Å². The molecular weight excluding hydrogens is 576 g/mol. The molecule has 0 bridgehead atoms. The molecule has 5 aromatic heterocycles. The first kappa shape index (κ1) is 28.1. The van der Waals surface area contributed by atoms with Gasteiger partial charge >= 0.3 is 0 Å². The molecule has 1 atom stereocenters. The van der Waals surface area contributed by atoms with Crippen LogP contribution in [0.3, 0.4) is 0 Å². The average Bonchev–Trinajstić information content (AvgIpc) is 3.77. The Labute approximate surface area is 248 Å². The van der Waals surface area contributed by atoms with Crippen molar-refractivity contribution in [3.8, 4) is 39.5 Å². The Morgan fingerprint density at radius 2 is 2.05 bits per heavy atom. The number of rotatable bonds is 10. The molecule has 0 saturated carbocycles. The van der Waals surface area contributed by atoms with Crippen molar-refractivity contribution in [1.29, 1.82) is 0 Å². The maximum atomic E-state index is 15.8. The quantitative estimate of drug-likeness (QED) is 0.152. The van der Waals surface area contributed by atoms with E-state index in [9.17, 15) is 9.18 Å². The molecule has 0 unspecified atom stereocenters. The van der Waals surface area contributed by atoms with Crippen LogP contribution in [-0.2, 0) is 9.53 Å². The number of halogens is 2. The molecule has 0 radical (unpaired) electrons. The van der Waals surface area contributed by atoms with E-state index in [0.29, 0.717) is 38.7 Å². The van der Waals surface area contributed by atoms with E-state index in [2.05, 4.69) is 32.3 Å². The summed E-state index contributed by atoms with van der Waals surface area (Å²) in [5.41, 5.74) is 3.80. The highest BCUT2D eigenvalue weighted by Gasteiger charge is 2.27. The van der Waals surface area contributed by atoms with E-state index < -0.39 is 17.7 Å². The number of H-pyrrole nitrogens is 1. The van der Waals surface area contributed by atoms with Crippen molar-refractivity contribution in [3.63, 3.8) is 0 Å². The lowest BCUT2D eigenvalue weighted by atomic mass is 9.96. The van der Waals surface area contributed by atoms with Crippen molar-refractivity contribution in [2.24, 2.45) is 0 Å². The molecule has 10 nitrogen and oxygen atoms in total. The molecule has 1 amide bonds. The van der Waals surface area contributed by atoms with E-state index in [4.69, 9.17) is 14.5 Å². The van der Waals surface area contributed by atoms with Gasteiger partial charge in [0, 0.05) is 46.7 Å². The summed E-state index contributed by atoms with van der Waals surface area (Å²) in [6.45, 7) is 5.58. The smallest absolute Gasteiger partial charge is 0.243 e. The third-order valence-corrected chi connectivity index (χ3v) is 7.77. The topological polar surface area (TPSA) is 119 Å². The Hall–Kier alpha value is -5.01. The minimum atomic E-state index is -0.814. The van der Waals surface area contributed by atoms with Crippen molar-refractivity contribution in [2.75, 3.05) is 20.3 Å². The summed E-state index contributed by atoms with van der Waals surface area (Å²) in [6.07, 6.45) is 4.63. The number of hydrogen-bond acceptors (Lipinski definition) is 8. The highest BCUT2D eigenvalue weighted by Crippen LogP contribution is 2.47. The average molecular weight is 602 g/mol. The number of nitrogens with one attached hydrogen (secondary N) is 2. The number of carbonyl (C=O) groups excluding carboxylic acids is 1. The minimum absolute atomic E-state index is 0.00772. The van der Waals surface area contributed by atoms with Crippen LogP contribution >= 0.6 is 11.3 Å². The fourth-order valence-electron chi connectivity index (χ4n) is 4.80. The van der Waals surface area contributed by atoms with Crippen LogP contribution in [-0.4, -0.2) is 56.0 Å². The molecule has 218 valence electrons. The van der Waals surface area contributed by atoms with Gasteiger partial charge in [0.15, 0.2) is 5.65 Å². The van der Waals surface area contributed by atoms with E-state index in [1.165, 1.54) is 24.5 Å². The molecule has 5 heterocycles. The van der Waals surface area contributed by atoms with Crippen LogP contribution in [0.2, 0.25) is 0 Å². The fraction of sp³-hybridized carbons (Fsp3) is 0.167. The minimum Gasteiger partial charge on any atom is -0.490 e. The summed E-state index contributed by atoms with van der Waals surface area (Å²) in [4.78, 5) is 17.0. The Morgan fingerprint density at radius 3 is 2.86 bits per heavy atom. The van der Waals surface area contributed by atoms with Crippen molar-refractivity contribution < 1.29 is 23.0 Å². The van der Waals surface area contributed by atoms with Gasteiger partial charge in [0.2, 0.25) is 5.91 Å². The second kappa shape index (κ2) is 11.7. The van der Waals surface area contributed by atoms with Crippen molar-refractivity contribution in [1.82, 2.24) is 35.1 Å². The van der Waals surface area contributed by atoms with Gasteiger partial charge < -0.3 is 14.8 Å². The zero-order valence-corrected chi connectivity index (χ0v) is 23.9. The van der Waals surface area contributed by atoms with Gasteiger partial charge in [-0.2, -0.15) is 5.10 Å². The summed E-state index contributed by atoms with van der Waals surface area (Å²) in [6, 6.07) is 8.88. The van der Waals surface area contributed by atoms with Crippen molar-refractivity contribution >= 4 is 33.0 Å². The molecule has 13 heteroatoms. The van der Waals surface area contributed by atoms with Crippen LogP contribution < -0.4 is 10.1 Å². The van der Waals surface area contributed by atoms with Crippen LogP contribution in [0.5, 0.6) is 5.75 Å². The molecular formula is C30H25F2N7O3S. The van der Waals surface area contributed by atoms with E-state index >= 15 is 4.39 Å². The molecule has 0 spiro atoms. The predicted molar refractivity (Wildman–Crippen MR) is 159 cm³/mol. The SMILES string of the molecule is C=CC(=O)N[C@@H](C)c1cc(-c2nc(-c3ccc4nncn4c3)c3ccsc3c2-c2c(F)cc(F)cc2OCCOC)n[nH]1. The Morgan fingerprint density at radius 1 is 1.19 bits per heavy atom. The van der Waals surface area contributed by atoms with E-state index in [1.54, 1.807) is 23.7 Å². The summed E-state index contributed by atoms with van der Waals surface area (Å²) in [5, 5.41) is 20.9. The number of benzene rings is 1. The van der Waals surface area contributed by atoms with Crippen molar-refractivity contribution in [3.05, 3.63) is 84.3 Å². The van der Waals surface area contributed by atoms with Crippen LogP contribution in [0.4, 0.5) is 8.78 Å². The van der Waals surface area contributed by atoms with E-state index in [-0.39, 0.29) is 30.4 Å². The number of thiophene rings is 1. The molecule has 0 saturated heterocycles. The number of carbonyl (C=O) groups is 1. The largest absolute Gasteiger partial charge is 0.490 e. The molecule has 0 aliphatic heterocycles. The Bertz CT molecular complexity index is 1980. The maximum Gasteiger partial charge on any atom is 0.243 e. The molecule has 6 aromatic rings. The summed E-state index contributed by atoms with van der Waals surface area (Å²) in [5.74, 6) is -1.93. The first-order valence-electron chi connectivity index (χ1n) is 13.2. The molecule has 1 aromatic carbocycles. The third kappa shape index (κ3) is 5.35. The molecule has 0 aliphatic carbocycles. The number of aromatic amines is 1. The molecule has 43 heavy (non-hydrogen) atoms. The Balaban J connectivity index is 1.61. The number of methoxy groups -OCH3 is 1. The predicted octanol–water partition coefficient (Wildman–Crippen LogP) is 5.73. The first-order chi connectivity index (χ1) is 20.9. The molecule has 2 N–H and O–H groups in total. The lowest BCUT2D eigenvalue weighted by molar-refractivity contribution is -0.117. The zero-order valence-electron chi connectivity index (χ0n) is 23.1. The van der Waals surface area contributed by atoms with Gasteiger partial charge in [-0.15, -0.1) is 21.5 Å². The second-order valence-electron chi connectivity index (χ2n) is 9.61. The van der Waals surface area contributed by atoms with Crippen molar-refractivity contribution in [2.45, 2.75) is 13.0 Å². The third-order valence-electron chi connectivity index (χ3n) is 6.84. The van der Waals surface area contributed by atoms with E-state index in [1.807, 2.05) is 29.8 Å². The molecule has 0 aliphatic rings. The number of ether oxygens (including phenoxy) is 2. The van der Waals surface area contributed by atoms with Gasteiger partial charge in [-0.05, 0) is 42.6 Å². The van der Waals surface area contributed by atoms with Crippen LogP contribution in [0.15, 0.2) is 67.0 Å². The monoisotopic (exact) mass is 601 g/mol. The Kier molecular flexibility index (Phi) is 7.65. The number of nitrogens with zero attached hydrogens (tertiary/aromatic N) is 5.